The first-order valence-corrected chi connectivity index (χ1v) is 12.4. The van der Waals surface area contributed by atoms with Crippen molar-refractivity contribution in [1.82, 2.24) is 5.32 Å². The summed E-state index contributed by atoms with van der Waals surface area (Å²) >= 11 is 0. The average molecular weight is 563 g/mol. The Bertz CT molecular complexity index is 1580. The van der Waals surface area contributed by atoms with Gasteiger partial charge in [-0.2, -0.15) is 13.2 Å². The predicted octanol–water partition coefficient (Wildman–Crippen LogP) is 6.27. The predicted molar refractivity (Wildman–Crippen MR) is 147 cm³/mol. The number of carbonyl (C=O) groups excluding carboxylic acids is 3. The summed E-state index contributed by atoms with van der Waals surface area (Å²) in [6, 6.07) is 24.6. The zero-order valence-corrected chi connectivity index (χ0v) is 21.8. The number of amides is 2. The van der Waals surface area contributed by atoms with Gasteiger partial charge in [0.25, 0.3) is 11.8 Å². The molecule has 0 spiro atoms. The molecule has 0 aromatic heterocycles. The van der Waals surface area contributed by atoms with Crippen LogP contribution in [0.15, 0.2) is 91.0 Å². The second kappa shape index (κ2) is 12.4. The summed E-state index contributed by atoms with van der Waals surface area (Å²) in [5.41, 5.74) is 3.74. The minimum absolute atomic E-state index is 0.0721. The highest BCUT2D eigenvalue weighted by Crippen LogP contribution is 2.23. The van der Waals surface area contributed by atoms with Gasteiger partial charge in [-0.1, -0.05) is 36.4 Å². The molecule has 0 unspecified atom stereocenters. The van der Waals surface area contributed by atoms with E-state index in [1.807, 2.05) is 6.07 Å². The van der Waals surface area contributed by atoms with Crippen molar-refractivity contribution >= 4 is 23.5 Å². The van der Waals surface area contributed by atoms with Gasteiger partial charge in [0, 0.05) is 23.4 Å². The van der Waals surface area contributed by atoms with Crippen molar-refractivity contribution < 1.29 is 37.4 Å². The Kier molecular flexibility index (Phi) is 8.72. The van der Waals surface area contributed by atoms with Crippen molar-refractivity contribution in [3.05, 3.63) is 119 Å². The maximum atomic E-state index is 12.8. The van der Waals surface area contributed by atoms with Gasteiger partial charge in [-0.15, -0.1) is 0 Å². The third-order valence-electron chi connectivity index (χ3n) is 6.04. The monoisotopic (exact) mass is 562 g/mol. The number of benzene rings is 4. The van der Waals surface area contributed by atoms with E-state index in [1.165, 1.54) is 25.1 Å². The molecule has 0 radical (unpaired) electrons. The van der Waals surface area contributed by atoms with Crippen molar-refractivity contribution in [2.45, 2.75) is 19.6 Å². The molecule has 0 bridgehead atoms. The van der Waals surface area contributed by atoms with Gasteiger partial charge in [0.15, 0.2) is 6.61 Å². The second-order valence-corrected chi connectivity index (χ2v) is 9.19. The number of hydrogen-bond acceptors (Lipinski definition) is 5. The van der Waals surface area contributed by atoms with Crippen LogP contribution in [0.2, 0.25) is 0 Å². The van der Waals surface area contributed by atoms with Crippen molar-refractivity contribution in [3.63, 3.8) is 0 Å². The van der Waals surface area contributed by atoms with E-state index in [9.17, 15) is 32.7 Å². The van der Waals surface area contributed by atoms with E-state index in [-0.39, 0.29) is 34.9 Å². The summed E-state index contributed by atoms with van der Waals surface area (Å²) in [6.45, 7) is -0.0129. The maximum absolute atomic E-state index is 12.8. The average Bonchev–Trinajstić information content (AvgIpc) is 2.95. The molecule has 0 atom stereocenters. The highest BCUT2D eigenvalue weighted by atomic mass is 19.4. The number of alkyl halides is 3. The number of nitrogens with one attached hydrogen (secondary N) is 2. The zero-order valence-electron chi connectivity index (χ0n) is 21.8. The van der Waals surface area contributed by atoms with Gasteiger partial charge in [-0.25, -0.2) is 4.79 Å². The molecular formula is C31H25F3N2O5. The van der Waals surface area contributed by atoms with Crippen molar-refractivity contribution in [1.29, 1.82) is 0 Å². The molecule has 0 aliphatic heterocycles. The number of phenolic OH excluding ortho intramolecular Hbond substituents is 1. The summed E-state index contributed by atoms with van der Waals surface area (Å²) in [5, 5.41) is 15.1. The van der Waals surface area contributed by atoms with Crippen LogP contribution < -0.4 is 10.6 Å². The van der Waals surface area contributed by atoms with Gasteiger partial charge in [0.1, 0.15) is 5.75 Å². The number of ether oxygens (including phenoxy) is 1. The van der Waals surface area contributed by atoms with Crippen LogP contribution in [0.4, 0.5) is 18.9 Å². The molecule has 7 nitrogen and oxygen atoms in total. The molecule has 41 heavy (non-hydrogen) atoms. The van der Waals surface area contributed by atoms with Gasteiger partial charge >= 0.3 is 12.1 Å². The fraction of sp³-hybridized carbons (Fsp3) is 0.129. The summed E-state index contributed by atoms with van der Waals surface area (Å²) in [7, 11) is 0. The molecule has 4 aromatic rings. The Morgan fingerprint density at radius 1 is 0.805 bits per heavy atom. The molecule has 0 saturated heterocycles. The van der Waals surface area contributed by atoms with Gasteiger partial charge in [-0.05, 0) is 83.8 Å². The largest absolute Gasteiger partial charge is 0.508 e. The van der Waals surface area contributed by atoms with Crippen LogP contribution in [-0.2, 0) is 11.3 Å². The molecule has 0 aliphatic rings. The standard InChI is InChI=1S/C31H25F3N2O5/c1-19-14-24(10-13-27(19)30(40)41-18-31(32,33)34)29(39)36-25-7-2-4-20(15-25)17-35-28(38)23-6-3-5-22(16-23)21-8-11-26(37)12-9-21/h2-16,37H,17-18H2,1H3,(H,35,38)(H,36,39). The van der Waals surface area contributed by atoms with Crippen molar-refractivity contribution in [2.75, 3.05) is 11.9 Å². The Labute approximate surface area is 233 Å². The number of halogens is 3. The smallest absolute Gasteiger partial charge is 0.422 e. The number of carbonyl (C=O) groups is 3. The molecule has 0 saturated carbocycles. The zero-order chi connectivity index (χ0) is 29.6. The fourth-order valence-electron chi connectivity index (χ4n) is 4.00. The fourth-order valence-corrected chi connectivity index (χ4v) is 4.00. The topological polar surface area (TPSA) is 105 Å². The quantitative estimate of drug-likeness (QED) is 0.220. The van der Waals surface area contributed by atoms with Crippen LogP contribution in [0, 0.1) is 6.92 Å². The van der Waals surface area contributed by atoms with E-state index in [1.54, 1.807) is 66.7 Å². The number of aryl methyl sites for hydroxylation is 1. The lowest BCUT2D eigenvalue weighted by molar-refractivity contribution is -0.161. The molecular weight excluding hydrogens is 537 g/mol. The minimum atomic E-state index is -4.64. The Morgan fingerprint density at radius 3 is 2.22 bits per heavy atom. The SMILES string of the molecule is Cc1cc(C(=O)Nc2cccc(CNC(=O)c3cccc(-c4ccc(O)cc4)c3)c2)ccc1C(=O)OCC(F)(F)F. The molecule has 210 valence electrons. The molecule has 2 amide bonds. The van der Waals surface area contributed by atoms with Gasteiger partial charge in [0.2, 0.25) is 0 Å². The molecule has 0 heterocycles. The molecule has 4 rings (SSSR count). The summed E-state index contributed by atoms with van der Waals surface area (Å²) in [5.74, 6) is -1.76. The summed E-state index contributed by atoms with van der Waals surface area (Å²) in [4.78, 5) is 37.5. The normalized spacial score (nSPS) is 11.0. The van der Waals surface area contributed by atoms with Crippen molar-refractivity contribution in [2.24, 2.45) is 0 Å². The summed E-state index contributed by atoms with van der Waals surface area (Å²) < 4.78 is 41.3. The van der Waals surface area contributed by atoms with Crippen LogP contribution in [0.1, 0.15) is 42.2 Å². The molecule has 4 aromatic carbocycles. The van der Waals surface area contributed by atoms with Crippen LogP contribution in [0.25, 0.3) is 11.1 Å². The van der Waals surface area contributed by atoms with E-state index in [0.717, 1.165) is 16.7 Å². The van der Waals surface area contributed by atoms with E-state index < -0.39 is 24.7 Å². The third-order valence-corrected chi connectivity index (χ3v) is 6.04. The molecule has 0 fully saturated rings. The van der Waals surface area contributed by atoms with E-state index in [0.29, 0.717) is 11.3 Å². The number of rotatable bonds is 8. The maximum Gasteiger partial charge on any atom is 0.422 e. The first-order valence-electron chi connectivity index (χ1n) is 12.4. The van der Waals surface area contributed by atoms with Crippen LogP contribution >= 0.6 is 0 Å². The Balaban J connectivity index is 1.36. The number of esters is 1. The lowest BCUT2D eigenvalue weighted by Gasteiger charge is -2.12. The Hall–Kier alpha value is -5.12. The number of aromatic hydroxyl groups is 1. The Morgan fingerprint density at radius 2 is 1.51 bits per heavy atom. The van der Waals surface area contributed by atoms with Crippen molar-refractivity contribution in [3.8, 4) is 16.9 Å². The van der Waals surface area contributed by atoms with E-state index in [2.05, 4.69) is 15.4 Å². The second-order valence-electron chi connectivity index (χ2n) is 9.19. The van der Waals surface area contributed by atoms with Crippen LogP contribution in [-0.4, -0.2) is 35.7 Å². The third kappa shape index (κ3) is 7.95. The molecule has 0 aliphatic carbocycles. The molecule has 10 heteroatoms. The highest BCUT2D eigenvalue weighted by molar-refractivity contribution is 6.05. The van der Waals surface area contributed by atoms with Crippen LogP contribution in [0.5, 0.6) is 5.75 Å². The lowest BCUT2D eigenvalue weighted by atomic mass is 10.0. The lowest BCUT2D eigenvalue weighted by Crippen LogP contribution is -2.23. The highest BCUT2D eigenvalue weighted by Gasteiger charge is 2.30. The first kappa shape index (κ1) is 28.9. The number of hydrogen-bond donors (Lipinski definition) is 3. The van der Waals surface area contributed by atoms with E-state index >= 15 is 0 Å². The summed E-state index contributed by atoms with van der Waals surface area (Å²) in [6.07, 6.45) is -4.64. The van der Waals surface area contributed by atoms with E-state index in [4.69, 9.17) is 0 Å². The first-order chi connectivity index (χ1) is 19.5. The molecule has 3 N–H and O–H groups in total. The van der Waals surface area contributed by atoms with Gasteiger partial charge < -0.3 is 20.5 Å². The van der Waals surface area contributed by atoms with Gasteiger partial charge in [-0.3, -0.25) is 9.59 Å². The number of phenols is 1. The van der Waals surface area contributed by atoms with Gasteiger partial charge in [0.05, 0.1) is 5.56 Å². The number of anilines is 1. The minimum Gasteiger partial charge on any atom is -0.508 e. The van der Waals surface area contributed by atoms with Crippen LogP contribution in [0.3, 0.4) is 0 Å².